The number of hydrogen-bond acceptors (Lipinski definition) is 2. The molecule has 5 nitrogen and oxygen atoms in total. The second kappa shape index (κ2) is 4.33. The molecule has 0 bridgehead atoms. The first-order valence-corrected chi connectivity index (χ1v) is 6.14. The fraction of sp³-hybridized carbons (Fsp3) is 0.385. The van der Waals surface area contributed by atoms with Gasteiger partial charge in [-0.3, -0.25) is 4.79 Å². The van der Waals surface area contributed by atoms with Gasteiger partial charge in [-0.05, 0) is 12.0 Å². The zero-order valence-electron chi connectivity index (χ0n) is 9.93. The second-order valence-electron chi connectivity index (χ2n) is 4.69. The molecular weight excluding hydrogens is 230 g/mol. The number of likely N-dealkylation sites (tertiary alicyclic amines) is 1. The highest BCUT2D eigenvalue weighted by molar-refractivity contribution is 5.93. The molecule has 0 radical (unpaired) electrons. The van der Waals surface area contributed by atoms with Crippen LogP contribution in [0.1, 0.15) is 12.0 Å². The summed E-state index contributed by atoms with van der Waals surface area (Å²) < 4.78 is 0. The van der Waals surface area contributed by atoms with Gasteiger partial charge in [0.1, 0.15) is 6.04 Å². The van der Waals surface area contributed by atoms with Crippen molar-refractivity contribution in [3.63, 3.8) is 0 Å². The summed E-state index contributed by atoms with van der Waals surface area (Å²) >= 11 is 0. The molecule has 2 heterocycles. The van der Waals surface area contributed by atoms with Gasteiger partial charge in [-0.1, -0.05) is 30.3 Å². The maximum atomic E-state index is 12.0. The lowest BCUT2D eigenvalue weighted by Gasteiger charge is -2.35. The summed E-state index contributed by atoms with van der Waals surface area (Å²) in [4.78, 5) is 25.0. The molecule has 94 valence electrons. The third kappa shape index (κ3) is 1.81. The normalized spacial score (nSPS) is 25.1. The van der Waals surface area contributed by atoms with Crippen LogP contribution >= 0.6 is 0 Å². The number of benzene rings is 1. The van der Waals surface area contributed by atoms with Gasteiger partial charge in [-0.2, -0.15) is 0 Å². The Bertz CT molecular complexity index is 474. The van der Waals surface area contributed by atoms with Crippen molar-refractivity contribution in [2.24, 2.45) is 0 Å². The lowest BCUT2D eigenvalue weighted by molar-refractivity contribution is -0.132. The zero-order valence-corrected chi connectivity index (χ0v) is 9.93. The van der Waals surface area contributed by atoms with E-state index in [1.807, 2.05) is 30.3 Å². The number of urea groups is 1. The summed E-state index contributed by atoms with van der Waals surface area (Å²) in [7, 11) is 0. The highest BCUT2D eigenvalue weighted by Gasteiger charge is 2.49. The summed E-state index contributed by atoms with van der Waals surface area (Å²) in [5.74, 6) is -0.0349. The molecule has 0 aliphatic carbocycles. The number of amides is 3. The van der Waals surface area contributed by atoms with Crippen LogP contribution in [0.25, 0.3) is 0 Å². The van der Waals surface area contributed by atoms with Gasteiger partial charge in [-0.15, -0.1) is 0 Å². The van der Waals surface area contributed by atoms with Crippen molar-refractivity contribution in [1.29, 1.82) is 0 Å². The molecule has 5 heteroatoms. The fourth-order valence-corrected chi connectivity index (χ4v) is 2.54. The Hall–Kier alpha value is -2.04. The molecule has 1 aromatic rings. The largest absolute Gasteiger partial charge is 0.349 e. The van der Waals surface area contributed by atoms with Crippen LogP contribution < -0.4 is 10.6 Å². The Kier molecular flexibility index (Phi) is 2.66. The van der Waals surface area contributed by atoms with E-state index in [1.165, 1.54) is 0 Å². The summed E-state index contributed by atoms with van der Waals surface area (Å²) in [6.45, 7) is 1.14. The maximum absolute atomic E-state index is 12.0. The Morgan fingerprint density at radius 2 is 2.17 bits per heavy atom. The van der Waals surface area contributed by atoms with Crippen molar-refractivity contribution < 1.29 is 9.59 Å². The molecule has 2 atom stereocenters. The number of carbonyl (C=O) groups is 2. The predicted octanol–water partition coefficient (Wildman–Crippen LogP) is 0.469. The molecule has 0 unspecified atom stereocenters. The Morgan fingerprint density at radius 3 is 2.89 bits per heavy atom. The SMILES string of the molecule is O=C1N[C@@H]2CCN(C(=O)NCc3ccccc3)[C@H]12. The Labute approximate surface area is 105 Å². The van der Waals surface area contributed by atoms with E-state index in [9.17, 15) is 9.59 Å². The first-order valence-electron chi connectivity index (χ1n) is 6.14. The van der Waals surface area contributed by atoms with Crippen LogP contribution in [0.4, 0.5) is 4.79 Å². The van der Waals surface area contributed by atoms with Crippen molar-refractivity contribution in [3.05, 3.63) is 35.9 Å². The molecule has 3 rings (SSSR count). The Morgan fingerprint density at radius 1 is 1.39 bits per heavy atom. The molecule has 2 aliphatic rings. The minimum absolute atomic E-state index is 0.0349. The summed E-state index contributed by atoms with van der Waals surface area (Å²) in [5, 5.41) is 5.66. The van der Waals surface area contributed by atoms with Gasteiger partial charge in [0.2, 0.25) is 5.91 Å². The van der Waals surface area contributed by atoms with E-state index in [4.69, 9.17) is 0 Å². The first kappa shape index (κ1) is 11.1. The molecule has 3 amide bonds. The van der Waals surface area contributed by atoms with Crippen LogP contribution in [0, 0.1) is 0 Å². The van der Waals surface area contributed by atoms with Gasteiger partial charge in [0.25, 0.3) is 0 Å². The van der Waals surface area contributed by atoms with Crippen LogP contribution in [-0.2, 0) is 11.3 Å². The fourth-order valence-electron chi connectivity index (χ4n) is 2.54. The maximum Gasteiger partial charge on any atom is 0.318 e. The van der Waals surface area contributed by atoms with E-state index >= 15 is 0 Å². The molecule has 0 spiro atoms. The van der Waals surface area contributed by atoms with E-state index in [0.29, 0.717) is 13.1 Å². The molecule has 18 heavy (non-hydrogen) atoms. The van der Waals surface area contributed by atoms with E-state index in [-0.39, 0.29) is 24.0 Å². The third-order valence-electron chi connectivity index (χ3n) is 3.54. The number of β-lactam (4-membered cyclic amide) rings is 1. The standard InChI is InChI=1S/C13H15N3O2/c17-12-11-10(15-12)6-7-16(11)13(18)14-8-9-4-2-1-3-5-9/h1-5,10-11H,6-8H2,(H,14,18)(H,15,17)/t10-,11+/m1/s1. The first-order chi connectivity index (χ1) is 8.75. The number of hydrogen-bond donors (Lipinski definition) is 2. The minimum atomic E-state index is -0.249. The predicted molar refractivity (Wildman–Crippen MR) is 65.7 cm³/mol. The molecule has 0 saturated carbocycles. The minimum Gasteiger partial charge on any atom is -0.349 e. The van der Waals surface area contributed by atoms with Crippen LogP contribution in [0.5, 0.6) is 0 Å². The summed E-state index contributed by atoms with van der Waals surface area (Å²) in [6.07, 6.45) is 0.856. The highest BCUT2D eigenvalue weighted by Crippen LogP contribution is 2.24. The van der Waals surface area contributed by atoms with Crippen LogP contribution in [0.2, 0.25) is 0 Å². The van der Waals surface area contributed by atoms with E-state index in [2.05, 4.69) is 10.6 Å². The number of rotatable bonds is 2. The van der Waals surface area contributed by atoms with E-state index in [0.717, 1.165) is 12.0 Å². The molecule has 2 saturated heterocycles. The molecular formula is C13H15N3O2. The quantitative estimate of drug-likeness (QED) is 0.744. The van der Waals surface area contributed by atoms with Gasteiger partial charge in [0.15, 0.2) is 0 Å². The van der Waals surface area contributed by atoms with Gasteiger partial charge < -0.3 is 15.5 Å². The van der Waals surface area contributed by atoms with Crippen molar-refractivity contribution in [2.45, 2.75) is 25.0 Å². The molecule has 1 aromatic carbocycles. The van der Waals surface area contributed by atoms with Crippen molar-refractivity contribution in [3.8, 4) is 0 Å². The van der Waals surface area contributed by atoms with E-state index in [1.54, 1.807) is 4.90 Å². The van der Waals surface area contributed by atoms with Gasteiger partial charge in [-0.25, -0.2) is 4.79 Å². The Balaban J connectivity index is 1.57. The topological polar surface area (TPSA) is 61.4 Å². The van der Waals surface area contributed by atoms with Gasteiger partial charge >= 0.3 is 6.03 Å². The molecule has 0 aromatic heterocycles. The lowest BCUT2D eigenvalue weighted by Crippen LogP contribution is -2.65. The molecule has 2 fully saturated rings. The average Bonchev–Trinajstić information content (AvgIpc) is 2.74. The van der Waals surface area contributed by atoms with Crippen LogP contribution in [-0.4, -0.2) is 35.5 Å². The molecule has 2 aliphatic heterocycles. The van der Waals surface area contributed by atoms with Crippen molar-refractivity contribution in [1.82, 2.24) is 15.5 Å². The highest BCUT2D eigenvalue weighted by atomic mass is 16.2. The number of fused-ring (bicyclic) bond motifs is 1. The van der Waals surface area contributed by atoms with Gasteiger partial charge in [0, 0.05) is 13.1 Å². The number of carbonyl (C=O) groups excluding carboxylic acids is 2. The van der Waals surface area contributed by atoms with Crippen molar-refractivity contribution >= 4 is 11.9 Å². The zero-order chi connectivity index (χ0) is 12.5. The molecule has 2 N–H and O–H groups in total. The average molecular weight is 245 g/mol. The summed E-state index contributed by atoms with van der Waals surface area (Å²) in [5.41, 5.74) is 1.06. The third-order valence-corrected chi connectivity index (χ3v) is 3.54. The van der Waals surface area contributed by atoms with Gasteiger partial charge in [0.05, 0.1) is 6.04 Å². The van der Waals surface area contributed by atoms with Crippen LogP contribution in [0.15, 0.2) is 30.3 Å². The lowest BCUT2D eigenvalue weighted by atomic mass is 10.0. The number of nitrogens with one attached hydrogen (secondary N) is 2. The number of nitrogens with zero attached hydrogens (tertiary/aromatic N) is 1. The monoisotopic (exact) mass is 245 g/mol. The second-order valence-corrected chi connectivity index (χ2v) is 4.69. The smallest absolute Gasteiger partial charge is 0.318 e. The van der Waals surface area contributed by atoms with Crippen LogP contribution in [0.3, 0.4) is 0 Å². The summed E-state index contributed by atoms with van der Waals surface area (Å²) in [6, 6.07) is 9.50. The van der Waals surface area contributed by atoms with Crippen molar-refractivity contribution in [2.75, 3.05) is 6.54 Å². The van der Waals surface area contributed by atoms with E-state index < -0.39 is 0 Å².